The highest BCUT2D eigenvalue weighted by Crippen LogP contribution is 2.31. The molecule has 0 spiro atoms. The van der Waals surface area contributed by atoms with Crippen LogP contribution in [0.1, 0.15) is 68.1 Å². The minimum absolute atomic E-state index is 0.0776. The third kappa shape index (κ3) is 7.38. The van der Waals surface area contributed by atoms with Gasteiger partial charge in [-0.2, -0.15) is 4.98 Å². The van der Waals surface area contributed by atoms with E-state index in [0.717, 1.165) is 29.8 Å². The van der Waals surface area contributed by atoms with Gasteiger partial charge in [0.2, 0.25) is 11.8 Å². The smallest absolute Gasteiger partial charge is 0.264 e. The minimum atomic E-state index is -4.16. The van der Waals surface area contributed by atoms with Gasteiger partial charge in [0.05, 0.1) is 41.3 Å². The lowest BCUT2D eigenvalue weighted by Gasteiger charge is -2.36. The number of rotatable bonds is 6. The van der Waals surface area contributed by atoms with Gasteiger partial charge in [0.25, 0.3) is 15.9 Å². The topological polar surface area (TPSA) is 131 Å². The lowest BCUT2D eigenvalue weighted by molar-refractivity contribution is 0.0509. The molecule has 0 saturated heterocycles. The van der Waals surface area contributed by atoms with E-state index >= 15 is 0 Å². The Morgan fingerprint density at radius 2 is 1.81 bits per heavy atom. The molecule has 4 aromatic rings. The molecule has 2 aromatic carbocycles. The SMILES string of the molecule is Cc1ccccc1-c1cc2nc(n1)NS(=O)(=O)c1cccc(c1)C(=O)N(Cc1cncc(N(C)C3CCC3)n1)[C@H](CC(C)(C)C)CO2. The highest BCUT2D eigenvalue weighted by atomic mass is 32.2. The molecule has 2 aromatic heterocycles. The number of aryl methyl sites for hydroxylation is 1. The maximum atomic E-state index is 14.4. The van der Waals surface area contributed by atoms with Crippen LogP contribution >= 0.6 is 0 Å². The van der Waals surface area contributed by atoms with Crippen molar-refractivity contribution in [2.24, 2.45) is 5.41 Å². The van der Waals surface area contributed by atoms with Crippen LogP contribution in [0.25, 0.3) is 11.3 Å². The number of carbonyl (C=O) groups excluding carboxylic acids is 1. The van der Waals surface area contributed by atoms with Crippen molar-refractivity contribution in [3.05, 3.63) is 83.8 Å². The molecule has 1 fully saturated rings. The summed E-state index contributed by atoms with van der Waals surface area (Å²) < 4.78 is 36.1. The number of nitrogens with one attached hydrogen (secondary N) is 1. The number of carbonyl (C=O) groups is 1. The minimum Gasteiger partial charge on any atom is -0.475 e. The fourth-order valence-corrected chi connectivity index (χ4v) is 6.96. The average Bonchev–Trinajstić information content (AvgIpc) is 3.00. The molecule has 0 unspecified atom stereocenters. The van der Waals surface area contributed by atoms with Crippen molar-refractivity contribution in [1.82, 2.24) is 24.8 Å². The van der Waals surface area contributed by atoms with Crippen molar-refractivity contribution < 1.29 is 17.9 Å². The number of anilines is 2. The van der Waals surface area contributed by atoms with Gasteiger partial charge in [-0.1, -0.05) is 51.1 Å². The van der Waals surface area contributed by atoms with Gasteiger partial charge in [-0.05, 0) is 61.8 Å². The number of aromatic nitrogens is 4. The lowest BCUT2D eigenvalue weighted by Crippen LogP contribution is -2.45. The van der Waals surface area contributed by atoms with Crippen LogP contribution in [0.15, 0.2) is 71.9 Å². The number of sulfonamides is 1. The fraction of sp³-hybridized carbons (Fsp3) is 0.400. The average molecular weight is 656 g/mol. The Morgan fingerprint density at radius 1 is 1.02 bits per heavy atom. The molecule has 1 amide bonds. The van der Waals surface area contributed by atoms with Gasteiger partial charge in [0, 0.05) is 30.3 Å². The first-order valence-electron chi connectivity index (χ1n) is 15.9. The zero-order valence-electron chi connectivity index (χ0n) is 27.5. The first-order valence-corrected chi connectivity index (χ1v) is 17.4. The van der Waals surface area contributed by atoms with Crippen LogP contribution in [0.5, 0.6) is 5.88 Å². The molecule has 1 N–H and O–H groups in total. The largest absolute Gasteiger partial charge is 0.475 e. The maximum Gasteiger partial charge on any atom is 0.264 e. The summed E-state index contributed by atoms with van der Waals surface area (Å²) in [6, 6.07) is 15.4. The van der Waals surface area contributed by atoms with Crippen LogP contribution in [0.4, 0.5) is 11.8 Å². The molecule has 1 atom stereocenters. The molecule has 3 heterocycles. The summed E-state index contributed by atoms with van der Waals surface area (Å²) in [6.45, 7) is 8.55. The molecule has 12 heteroatoms. The number of amides is 1. The molecule has 6 rings (SSSR count). The van der Waals surface area contributed by atoms with E-state index in [1.54, 1.807) is 35.5 Å². The second kappa shape index (κ2) is 12.9. The Hall–Kier alpha value is -4.58. The van der Waals surface area contributed by atoms with E-state index in [1.807, 2.05) is 38.2 Å². The number of nitrogens with zero attached hydrogens (tertiary/aromatic N) is 6. The van der Waals surface area contributed by atoms with Crippen LogP contribution < -0.4 is 14.4 Å². The van der Waals surface area contributed by atoms with Crippen LogP contribution in [0, 0.1) is 12.3 Å². The molecular formula is C35H41N7O4S. The summed E-state index contributed by atoms with van der Waals surface area (Å²) in [4.78, 5) is 36.6. The van der Waals surface area contributed by atoms with Gasteiger partial charge < -0.3 is 14.5 Å². The van der Waals surface area contributed by atoms with Crippen molar-refractivity contribution in [2.45, 2.75) is 76.9 Å². The highest BCUT2D eigenvalue weighted by molar-refractivity contribution is 7.92. The third-order valence-corrected chi connectivity index (χ3v) is 10.0. The van der Waals surface area contributed by atoms with Gasteiger partial charge in [-0.25, -0.2) is 23.1 Å². The number of ether oxygens (including phenoxy) is 1. The van der Waals surface area contributed by atoms with Crippen LogP contribution in [-0.2, 0) is 16.6 Å². The zero-order chi connectivity index (χ0) is 33.3. The van der Waals surface area contributed by atoms with Crippen molar-refractivity contribution in [3.63, 3.8) is 0 Å². The Labute approximate surface area is 276 Å². The molecule has 1 aliphatic heterocycles. The molecule has 2 aliphatic rings. The highest BCUT2D eigenvalue weighted by Gasteiger charge is 2.32. The number of hydrogen-bond donors (Lipinski definition) is 1. The van der Waals surface area contributed by atoms with Crippen molar-refractivity contribution in [1.29, 1.82) is 0 Å². The van der Waals surface area contributed by atoms with Gasteiger partial charge >= 0.3 is 0 Å². The van der Waals surface area contributed by atoms with E-state index in [-0.39, 0.29) is 46.8 Å². The first-order chi connectivity index (χ1) is 22.4. The maximum absolute atomic E-state index is 14.4. The molecule has 1 aliphatic carbocycles. The second-order valence-electron chi connectivity index (χ2n) is 13.6. The normalized spacial score (nSPS) is 18.1. The van der Waals surface area contributed by atoms with Crippen LogP contribution in [-0.4, -0.2) is 64.9 Å². The molecule has 4 bridgehead atoms. The molecule has 47 heavy (non-hydrogen) atoms. The summed E-state index contributed by atoms with van der Waals surface area (Å²) in [5, 5.41) is 0. The van der Waals surface area contributed by atoms with E-state index in [4.69, 9.17) is 9.72 Å². The van der Waals surface area contributed by atoms with Crippen LogP contribution in [0.2, 0.25) is 0 Å². The van der Waals surface area contributed by atoms with E-state index in [0.29, 0.717) is 23.9 Å². The predicted molar refractivity (Wildman–Crippen MR) is 181 cm³/mol. The fourth-order valence-electron chi connectivity index (χ4n) is 5.97. The van der Waals surface area contributed by atoms with Crippen molar-refractivity contribution in [3.8, 4) is 17.1 Å². The summed E-state index contributed by atoms with van der Waals surface area (Å²) >= 11 is 0. The third-order valence-electron chi connectivity index (χ3n) is 8.70. The summed E-state index contributed by atoms with van der Waals surface area (Å²) in [5.74, 6) is 0.489. The number of fused-ring (bicyclic) bond motifs is 4. The van der Waals surface area contributed by atoms with E-state index < -0.39 is 16.1 Å². The quantitative estimate of drug-likeness (QED) is 0.271. The Balaban J connectivity index is 1.45. The van der Waals surface area contributed by atoms with E-state index in [2.05, 4.69) is 45.3 Å². The number of benzene rings is 2. The second-order valence-corrected chi connectivity index (χ2v) is 15.3. The van der Waals surface area contributed by atoms with Crippen LogP contribution in [0.3, 0.4) is 0 Å². The molecule has 0 radical (unpaired) electrons. The zero-order valence-corrected chi connectivity index (χ0v) is 28.3. The molecule has 246 valence electrons. The van der Waals surface area contributed by atoms with Gasteiger partial charge in [-0.15, -0.1) is 0 Å². The monoisotopic (exact) mass is 655 g/mol. The summed E-state index contributed by atoms with van der Waals surface area (Å²) in [6.07, 6.45) is 7.44. The molecule has 11 nitrogen and oxygen atoms in total. The predicted octanol–water partition coefficient (Wildman–Crippen LogP) is 5.87. The lowest BCUT2D eigenvalue weighted by atomic mass is 9.87. The van der Waals surface area contributed by atoms with Gasteiger partial charge in [-0.3, -0.25) is 9.78 Å². The Kier molecular flexibility index (Phi) is 8.88. The van der Waals surface area contributed by atoms with E-state index in [9.17, 15) is 13.2 Å². The van der Waals surface area contributed by atoms with E-state index in [1.165, 1.54) is 18.6 Å². The van der Waals surface area contributed by atoms with Crippen molar-refractivity contribution in [2.75, 3.05) is 23.3 Å². The number of hydrogen-bond acceptors (Lipinski definition) is 9. The Bertz CT molecular complexity index is 1890. The standard InChI is InChI=1S/C35H41N7O4S/c1-23-10-6-7-15-29(23)30-17-32-39-34(38-30)40-47(44,45)28-14-8-11-24(16-28)33(43)42(27(22-46-32)18-35(2,3)4)21-25-19-36-20-31(37-25)41(5)26-12-9-13-26/h6-8,10-11,14-17,19-20,26-27H,9,12-13,18,21-22H2,1-5H3,(H,38,39,40)/t27-/m1/s1. The first kappa shape index (κ1) is 32.4. The Morgan fingerprint density at radius 3 is 2.53 bits per heavy atom. The van der Waals surface area contributed by atoms with Crippen molar-refractivity contribution >= 4 is 27.7 Å². The summed E-state index contributed by atoms with van der Waals surface area (Å²) in [7, 11) is -2.13. The van der Waals surface area contributed by atoms with Gasteiger partial charge in [0.15, 0.2) is 0 Å². The molecular weight excluding hydrogens is 614 g/mol. The summed E-state index contributed by atoms with van der Waals surface area (Å²) in [5.41, 5.74) is 2.97. The molecule has 1 saturated carbocycles. The van der Waals surface area contributed by atoms with Gasteiger partial charge in [0.1, 0.15) is 12.4 Å².